The topological polar surface area (TPSA) is 29.5 Å². The molecule has 2 atom stereocenters. The lowest BCUT2D eigenvalue weighted by Gasteiger charge is -2.22. The van der Waals surface area contributed by atoms with Crippen LogP contribution in [-0.4, -0.2) is 18.3 Å². The second-order valence-corrected chi connectivity index (χ2v) is 5.19. The first-order chi connectivity index (χ1) is 9.29. The minimum absolute atomic E-state index is 0.197. The van der Waals surface area contributed by atoms with Gasteiger partial charge in [-0.2, -0.15) is 0 Å². The van der Waals surface area contributed by atoms with Crippen LogP contribution in [-0.2, 0) is 4.74 Å². The fourth-order valence-electron chi connectivity index (χ4n) is 2.44. The largest absolute Gasteiger partial charge is 0.390 e. The van der Waals surface area contributed by atoms with Gasteiger partial charge < -0.3 is 9.84 Å². The van der Waals surface area contributed by atoms with Crippen LogP contribution >= 0.6 is 0 Å². The zero-order valence-corrected chi connectivity index (χ0v) is 12.3. The molecule has 0 saturated carbocycles. The first-order valence-corrected chi connectivity index (χ1v) is 7.55. The zero-order valence-electron chi connectivity index (χ0n) is 12.3. The molecule has 1 rings (SSSR count). The summed E-state index contributed by atoms with van der Waals surface area (Å²) in [5.74, 6) is 0. The maximum Gasteiger partial charge on any atom is 0.108 e. The number of benzene rings is 1. The fraction of sp³-hybridized carbons (Fsp3) is 0.647. The van der Waals surface area contributed by atoms with Crippen molar-refractivity contribution in [2.75, 3.05) is 7.11 Å². The molecular formula is C17H28O2. The average molecular weight is 264 g/mol. The first kappa shape index (κ1) is 16.2. The Morgan fingerprint density at radius 1 is 1.00 bits per heavy atom. The van der Waals surface area contributed by atoms with E-state index < -0.39 is 6.10 Å². The third-order valence-electron chi connectivity index (χ3n) is 3.58. The summed E-state index contributed by atoms with van der Waals surface area (Å²) < 4.78 is 5.44. The van der Waals surface area contributed by atoms with Gasteiger partial charge in [-0.15, -0.1) is 0 Å². The van der Waals surface area contributed by atoms with Gasteiger partial charge in [-0.1, -0.05) is 75.8 Å². The second-order valence-electron chi connectivity index (χ2n) is 5.19. The van der Waals surface area contributed by atoms with Crippen LogP contribution in [0.2, 0.25) is 0 Å². The van der Waals surface area contributed by atoms with Gasteiger partial charge in [0.15, 0.2) is 0 Å². The molecule has 0 amide bonds. The minimum Gasteiger partial charge on any atom is -0.390 e. The summed E-state index contributed by atoms with van der Waals surface area (Å²) in [5, 5.41) is 10.2. The van der Waals surface area contributed by atoms with Gasteiger partial charge in [0.1, 0.15) is 6.10 Å². The smallest absolute Gasteiger partial charge is 0.108 e. The van der Waals surface area contributed by atoms with Crippen molar-refractivity contribution in [2.24, 2.45) is 0 Å². The highest BCUT2D eigenvalue weighted by Gasteiger charge is 2.19. The van der Waals surface area contributed by atoms with Gasteiger partial charge in [0.2, 0.25) is 0 Å². The van der Waals surface area contributed by atoms with Crippen LogP contribution < -0.4 is 0 Å². The lowest BCUT2D eigenvalue weighted by molar-refractivity contribution is -0.0183. The summed E-state index contributed by atoms with van der Waals surface area (Å²) in [6.45, 7) is 2.23. The highest BCUT2D eigenvalue weighted by Crippen LogP contribution is 2.24. The van der Waals surface area contributed by atoms with E-state index in [0.717, 1.165) is 18.4 Å². The standard InChI is InChI=1S/C17H28O2/c1-3-4-5-6-7-11-14-16(18)17(19-2)15-12-9-8-10-13-15/h8-10,12-13,16-18H,3-7,11,14H2,1-2H3. The predicted molar refractivity (Wildman–Crippen MR) is 80.2 cm³/mol. The second kappa shape index (κ2) is 9.99. The maximum absolute atomic E-state index is 10.2. The Morgan fingerprint density at radius 2 is 1.63 bits per heavy atom. The van der Waals surface area contributed by atoms with Crippen molar-refractivity contribution in [3.05, 3.63) is 35.9 Å². The molecule has 1 N–H and O–H groups in total. The van der Waals surface area contributed by atoms with E-state index in [1.165, 1.54) is 32.1 Å². The molecule has 0 bridgehead atoms. The molecule has 1 aromatic rings. The lowest BCUT2D eigenvalue weighted by Crippen LogP contribution is -2.20. The third-order valence-corrected chi connectivity index (χ3v) is 3.58. The van der Waals surface area contributed by atoms with E-state index in [9.17, 15) is 5.11 Å². The highest BCUT2D eigenvalue weighted by atomic mass is 16.5. The molecule has 108 valence electrons. The number of unbranched alkanes of at least 4 members (excludes halogenated alkanes) is 5. The number of aliphatic hydroxyl groups is 1. The summed E-state index contributed by atoms with van der Waals surface area (Å²) in [6, 6.07) is 9.98. The molecular weight excluding hydrogens is 236 g/mol. The van der Waals surface area contributed by atoms with Crippen LogP contribution in [0.25, 0.3) is 0 Å². The van der Waals surface area contributed by atoms with E-state index in [2.05, 4.69) is 6.92 Å². The van der Waals surface area contributed by atoms with E-state index >= 15 is 0 Å². The van der Waals surface area contributed by atoms with Crippen molar-refractivity contribution in [2.45, 2.75) is 64.1 Å². The molecule has 2 heteroatoms. The van der Waals surface area contributed by atoms with Crippen LogP contribution in [0.5, 0.6) is 0 Å². The van der Waals surface area contributed by atoms with Crippen LogP contribution in [0, 0.1) is 0 Å². The molecule has 0 aliphatic heterocycles. The number of aliphatic hydroxyl groups excluding tert-OH is 1. The molecule has 0 aromatic heterocycles. The van der Waals surface area contributed by atoms with Crippen LogP contribution in [0.3, 0.4) is 0 Å². The molecule has 19 heavy (non-hydrogen) atoms. The zero-order chi connectivity index (χ0) is 13.9. The van der Waals surface area contributed by atoms with E-state index in [0.29, 0.717) is 0 Å². The molecule has 0 fully saturated rings. The molecule has 0 aliphatic rings. The molecule has 0 heterocycles. The Bertz CT molecular complexity index is 310. The van der Waals surface area contributed by atoms with Gasteiger partial charge in [0, 0.05) is 7.11 Å². The minimum atomic E-state index is -0.404. The van der Waals surface area contributed by atoms with Gasteiger partial charge in [-0.3, -0.25) is 0 Å². The molecule has 0 saturated heterocycles. The number of methoxy groups -OCH3 is 1. The highest BCUT2D eigenvalue weighted by molar-refractivity contribution is 5.18. The van der Waals surface area contributed by atoms with E-state index in [1.54, 1.807) is 7.11 Å². The summed E-state index contributed by atoms with van der Waals surface area (Å²) in [6.07, 6.45) is 7.72. The molecule has 0 aliphatic carbocycles. The number of rotatable bonds is 10. The van der Waals surface area contributed by atoms with E-state index in [4.69, 9.17) is 4.74 Å². The van der Waals surface area contributed by atoms with Gasteiger partial charge in [0.05, 0.1) is 6.10 Å². The fourth-order valence-corrected chi connectivity index (χ4v) is 2.44. The number of hydrogen-bond acceptors (Lipinski definition) is 2. The van der Waals surface area contributed by atoms with E-state index in [1.807, 2.05) is 30.3 Å². The molecule has 2 unspecified atom stereocenters. The lowest BCUT2D eigenvalue weighted by atomic mass is 9.99. The molecule has 2 nitrogen and oxygen atoms in total. The summed E-state index contributed by atoms with van der Waals surface area (Å²) in [4.78, 5) is 0. The van der Waals surface area contributed by atoms with Gasteiger partial charge >= 0.3 is 0 Å². The van der Waals surface area contributed by atoms with Crippen molar-refractivity contribution >= 4 is 0 Å². The molecule has 0 spiro atoms. The molecule has 1 aromatic carbocycles. The Balaban J connectivity index is 2.28. The first-order valence-electron chi connectivity index (χ1n) is 7.55. The predicted octanol–water partition coefficient (Wildman–Crippen LogP) is 4.49. The number of hydrogen-bond donors (Lipinski definition) is 1. The SMILES string of the molecule is CCCCCCCCC(O)C(OC)c1ccccc1. The number of ether oxygens (including phenoxy) is 1. The van der Waals surface area contributed by atoms with Crippen molar-refractivity contribution in [3.8, 4) is 0 Å². The van der Waals surface area contributed by atoms with Gasteiger partial charge in [-0.05, 0) is 12.0 Å². The van der Waals surface area contributed by atoms with Crippen LogP contribution in [0.1, 0.15) is 63.5 Å². The summed E-state index contributed by atoms with van der Waals surface area (Å²) in [7, 11) is 1.67. The van der Waals surface area contributed by atoms with Gasteiger partial charge in [0.25, 0.3) is 0 Å². The maximum atomic E-state index is 10.2. The average Bonchev–Trinajstić information content (AvgIpc) is 2.45. The quantitative estimate of drug-likeness (QED) is 0.631. The Morgan fingerprint density at radius 3 is 2.26 bits per heavy atom. The normalized spacial score (nSPS) is 14.3. The van der Waals surface area contributed by atoms with Crippen molar-refractivity contribution in [1.82, 2.24) is 0 Å². The van der Waals surface area contributed by atoms with E-state index in [-0.39, 0.29) is 6.10 Å². The Labute approximate surface area is 117 Å². The Kier molecular flexibility index (Phi) is 8.52. The third kappa shape index (κ3) is 6.22. The summed E-state index contributed by atoms with van der Waals surface area (Å²) >= 11 is 0. The van der Waals surface area contributed by atoms with Crippen molar-refractivity contribution in [3.63, 3.8) is 0 Å². The van der Waals surface area contributed by atoms with Crippen molar-refractivity contribution in [1.29, 1.82) is 0 Å². The van der Waals surface area contributed by atoms with Crippen LogP contribution in [0.4, 0.5) is 0 Å². The molecule has 0 radical (unpaired) electrons. The van der Waals surface area contributed by atoms with Gasteiger partial charge in [-0.25, -0.2) is 0 Å². The summed E-state index contributed by atoms with van der Waals surface area (Å²) in [5.41, 5.74) is 1.06. The van der Waals surface area contributed by atoms with Crippen molar-refractivity contribution < 1.29 is 9.84 Å². The Hall–Kier alpha value is -0.860. The monoisotopic (exact) mass is 264 g/mol. The van der Waals surface area contributed by atoms with Crippen LogP contribution in [0.15, 0.2) is 30.3 Å².